The molecular weight excluding hydrogens is 540 g/mol. The molecule has 0 aliphatic heterocycles. The Hall–Kier alpha value is -2.18. The number of halogens is 4. The quantitative estimate of drug-likeness (QED) is 0.270. The van der Waals surface area contributed by atoms with E-state index in [0.29, 0.717) is 24.9 Å². The van der Waals surface area contributed by atoms with Crippen molar-refractivity contribution in [1.82, 2.24) is 15.6 Å². The van der Waals surface area contributed by atoms with Gasteiger partial charge in [-0.1, -0.05) is 26.8 Å². The first-order chi connectivity index (χ1) is 14.5. The zero-order valence-electron chi connectivity index (χ0n) is 18.8. The summed E-state index contributed by atoms with van der Waals surface area (Å²) in [6.07, 6.45) is -2.70. The lowest BCUT2D eigenvalue weighted by molar-refractivity contribution is -0.153. The molecule has 1 aromatic heterocycles. The van der Waals surface area contributed by atoms with Crippen molar-refractivity contribution in [2.24, 2.45) is 4.99 Å². The molecule has 0 fully saturated rings. The predicted molar refractivity (Wildman–Crippen MR) is 127 cm³/mol. The predicted octanol–water partition coefficient (Wildman–Crippen LogP) is 4.80. The number of hydrogen-bond donors (Lipinski definition) is 2. The van der Waals surface area contributed by atoms with Crippen molar-refractivity contribution < 1.29 is 27.1 Å². The van der Waals surface area contributed by atoms with Crippen LogP contribution in [0, 0.1) is 0 Å². The van der Waals surface area contributed by atoms with E-state index in [1.165, 1.54) is 13.2 Å². The molecule has 11 heteroatoms. The first kappa shape index (κ1) is 27.9. The Morgan fingerprint density at radius 3 is 2.44 bits per heavy atom. The molecule has 7 nitrogen and oxygen atoms in total. The highest BCUT2D eigenvalue weighted by atomic mass is 127. The third-order valence-electron chi connectivity index (χ3n) is 4.08. The van der Waals surface area contributed by atoms with Gasteiger partial charge in [0.1, 0.15) is 5.76 Å². The zero-order chi connectivity index (χ0) is 23.1. The van der Waals surface area contributed by atoms with E-state index >= 15 is 0 Å². The Morgan fingerprint density at radius 2 is 1.88 bits per heavy atom. The average molecular weight is 570 g/mol. The summed E-state index contributed by atoms with van der Waals surface area (Å²) in [5.74, 6) is 2.13. The summed E-state index contributed by atoms with van der Waals surface area (Å²) >= 11 is 0. The van der Waals surface area contributed by atoms with E-state index in [0.717, 1.165) is 11.3 Å². The van der Waals surface area contributed by atoms with E-state index in [2.05, 4.69) is 20.6 Å². The summed E-state index contributed by atoms with van der Waals surface area (Å²) in [7, 11) is 1.37. The number of benzene rings is 1. The number of alkyl halides is 3. The van der Waals surface area contributed by atoms with Crippen molar-refractivity contribution in [3.8, 4) is 11.5 Å². The molecule has 32 heavy (non-hydrogen) atoms. The summed E-state index contributed by atoms with van der Waals surface area (Å²) in [6.45, 7) is 7.98. The first-order valence-electron chi connectivity index (χ1n) is 9.85. The Bertz CT molecular complexity index is 880. The Kier molecular flexibility index (Phi) is 10.6. The number of nitrogens with zero attached hydrogens (tertiary/aromatic N) is 2. The fourth-order valence-electron chi connectivity index (χ4n) is 2.50. The van der Waals surface area contributed by atoms with Gasteiger partial charge in [-0.2, -0.15) is 13.2 Å². The average Bonchev–Trinajstić information content (AvgIpc) is 3.17. The summed E-state index contributed by atoms with van der Waals surface area (Å²) < 4.78 is 52.9. The maximum atomic E-state index is 12.4. The van der Waals surface area contributed by atoms with Crippen LogP contribution in [0.2, 0.25) is 0 Å². The number of aliphatic imine (C=N–C) groups is 1. The van der Waals surface area contributed by atoms with Gasteiger partial charge in [0, 0.05) is 12.0 Å². The van der Waals surface area contributed by atoms with Crippen LogP contribution in [0.5, 0.6) is 11.5 Å². The summed E-state index contributed by atoms with van der Waals surface area (Å²) in [5, 5.41) is 6.28. The number of oxazole rings is 1. The first-order valence-corrected chi connectivity index (χ1v) is 9.85. The number of nitrogens with one attached hydrogen (secondary N) is 2. The molecule has 0 bridgehead atoms. The lowest BCUT2D eigenvalue weighted by Crippen LogP contribution is -2.36. The molecule has 1 heterocycles. The second kappa shape index (κ2) is 12.2. The topological polar surface area (TPSA) is 80.9 Å². The minimum Gasteiger partial charge on any atom is -0.493 e. The molecule has 0 radical (unpaired) electrons. The van der Waals surface area contributed by atoms with E-state index in [-0.39, 0.29) is 47.4 Å². The molecule has 0 aliphatic carbocycles. The highest BCUT2D eigenvalue weighted by molar-refractivity contribution is 14.0. The van der Waals surface area contributed by atoms with Crippen molar-refractivity contribution in [2.45, 2.75) is 52.4 Å². The van der Waals surface area contributed by atoms with Crippen LogP contribution in [0.3, 0.4) is 0 Å². The van der Waals surface area contributed by atoms with E-state index in [9.17, 15) is 13.2 Å². The maximum absolute atomic E-state index is 12.4. The second-order valence-electron chi connectivity index (χ2n) is 7.81. The Morgan fingerprint density at radius 1 is 1.16 bits per heavy atom. The number of hydrogen-bond acceptors (Lipinski definition) is 5. The fraction of sp³-hybridized carbons (Fsp3) is 0.524. The Labute approximate surface area is 203 Å². The normalized spacial score (nSPS) is 12.2. The molecule has 0 saturated carbocycles. The zero-order valence-corrected chi connectivity index (χ0v) is 21.1. The van der Waals surface area contributed by atoms with Crippen LogP contribution in [0.15, 0.2) is 33.8 Å². The van der Waals surface area contributed by atoms with Crippen molar-refractivity contribution in [3.05, 3.63) is 41.6 Å². The molecule has 1 aromatic carbocycles. The van der Waals surface area contributed by atoms with Gasteiger partial charge in [0.05, 0.1) is 26.4 Å². The van der Waals surface area contributed by atoms with E-state index in [4.69, 9.17) is 13.9 Å². The van der Waals surface area contributed by atoms with Gasteiger partial charge in [-0.3, -0.25) is 0 Å². The van der Waals surface area contributed by atoms with Gasteiger partial charge < -0.3 is 24.5 Å². The van der Waals surface area contributed by atoms with Crippen LogP contribution in [-0.2, 0) is 18.5 Å². The molecule has 0 atom stereocenters. The van der Waals surface area contributed by atoms with Crippen molar-refractivity contribution in [2.75, 3.05) is 20.3 Å². The molecule has 0 spiro atoms. The van der Waals surface area contributed by atoms with Crippen molar-refractivity contribution in [3.63, 3.8) is 0 Å². The molecule has 2 N–H and O–H groups in total. The van der Waals surface area contributed by atoms with Gasteiger partial charge in [0.15, 0.2) is 24.1 Å². The van der Waals surface area contributed by atoms with E-state index < -0.39 is 12.8 Å². The van der Waals surface area contributed by atoms with Crippen LogP contribution in [0.4, 0.5) is 13.2 Å². The maximum Gasteiger partial charge on any atom is 0.422 e. The summed E-state index contributed by atoms with van der Waals surface area (Å²) in [4.78, 5) is 8.77. The van der Waals surface area contributed by atoms with Crippen LogP contribution >= 0.6 is 24.0 Å². The van der Waals surface area contributed by atoms with Crippen LogP contribution in [-0.4, -0.2) is 37.4 Å². The molecule has 0 aliphatic rings. The number of aromatic nitrogens is 1. The van der Waals surface area contributed by atoms with Gasteiger partial charge in [-0.05, 0) is 24.6 Å². The standard InChI is InChI=1S/C21H29F3N4O3.HI/c1-6-25-19(28-12-18-26-11-17(31-18)20(2,3)4)27-10-14-7-8-15(16(9-14)29-5)30-13-21(22,23)24;/h7-9,11H,6,10,12-13H2,1-5H3,(H2,25,27,28);1H. The fourth-order valence-corrected chi connectivity index (χ4v) is 2.50. The van der Waals surface area contributed by atoms with Gasteiger partial charge in [0.25, 0.3) is 0 Å². The van der Waals surface area contributed by atoms with Crippen LogP contribution < -0.4 is 20.1 Å². The van der Waals surface area contributed by atoms with Crippen molar-refractivity contribution in [1.29, 1.82) is 0 Å². The highest BCUT2D eigenvalue weighted by Crippen LogP contribution is 2.30. The minimum atomic E-state index is -4.42. The molecule has 2 rings (SSSR count). The van der Waals surface area contributed by atoms with E-state index in [1.807, 2.05) is 27.7 Å². The third-order valence-corrected chi connectivity index (χ3v) is 4.08. The van der Waals surface area contributed by atoms with Gasteiger partial charge >= 0.3 is 6.18 Å². The van der Waals surface area contributed by atoms with Crippen LogP contribution in [0.1, 0.15) is 44.9 Å². The molecule has 0 amide bonds. The number of guanidine groups is 1. The Balaban J connectivity index is 0.00000512. The third kappa shape index (κ3) is 9.13. The highest BCUT2D eigenvalue weighted by Gasteiger charge is 2.29. The van der Waals surface area contributed by atoms with Gasteiger partial charge in [-0.15, -0.1) is 24.0 Å². The number of rotatable bonds is 8. The van der Waals surface area contributed by atoms with Crippen LogP contribution in [0.25, 0.3) is 0 Å². The smallest absolute Gasteiger partial charge is 0.422 e. The molecule has 0 unspecified atom stereocenters. The molecule has 180 valence electrons. The lowest BCUT2D eigenvalue weighted by Gasteiger charge is -2.14. The minimum absolute atomic E-state index is 0. The lowest BCUT2D eigenvalue weighted by atomic mass is 9.94. The number of ether oxygens (including phenoxy) is 2. The monoisotopic (exact) mass is 570 g/mol. The van der Waals surface area contributed by atoms with Gasteiger partial charge in [0.2, 0.25) is 5.89 Å². The molecule has 0 saturated heterocycles. The van der Waals surface area contributed by atoms with E-state index in [1.54, 1.807) is 18.3 Å². The molecular formula is C21H30F3IN4O3. The van der Waals surface area contributed by atoms with Crippen molar-refractivity contribution >= 4 is 29.9 Å². The second-order valence-corrected chi connectivity index (χ2v) is 7.81. The summed E-state index contributed by atoms with van der Waals surface area (Å²) in [6, 6.07) is 4.68. The van der Waals surface area contributed by atoms with Gasteiger partial charge in [-0.25, -0.2) is 9.98 Å². The summed E-state index contributed by atoms with van der Waals surface area (Å²) in [5.41, 5.74) is 0.623. The number of methoxy groups -OCH3 is 1. The SMILES string of the molecule is CCNC(=NCc1ccc(OCC(F)(F)F)c(OC)c1)NCc1ncc(C(C)(C)C)o1.I. The largest absolute Gasteiger partial charge is 0.493 e. The molecule has 2 aromatic rings.